The third-order valence-corrected chi connectivity index (χ3v) is 6.60. The molecular formula is C18H14O3S2. The summed E-state index contributed by atoms with van der Waals surface area (Å²) in [6.45, 7) is 0. The Labute approximate surface area is 138 Å². The van der Waals surface area contributed by atoms with Gasteiger partial charge in [0.25, 0.3) is 0 Å². The zero-order chi connectivity index (χ0) is 16.3. The molecule has 0 unspecified atom stereocenters. The van der Waals surface area contributed by atoms with E-state index < -0.39 is 21.0 Å². The van der Waals surface area contributed by atoms with E-state index in [0.29, 0.717) is 4.90 Å². The Kier molecular flexibility index (Phi) is 4.52. The molecule has 0 fully saturated rings. The molecule has 3 aromatic rings. The molecule has 0 saturated carbocycles. The summed E-state index contributed by atoms with van der Waals surface area (Å²) in [5.74, 6) is 0. The summed E-state index contributed by atoms with van der Waals surface area (Å²) >= 11 is 0. The Morgan fingerprint density at radius 3 is 1.57 bits per heavy atom. The molecule has 0 heterocycles. The van der Waals surface area contributed by atoms with Crippen LogP contribution in [0.1, 0.15) is 0 Å². The monoisotopic (exact) mass is 342 g/mol. The Morgan fingerprint density at radius 1 is 0.652 bits per heavy atom. The second-order valence-corrected chi connectivity index (χ2v) is 8.18. The SMILES string of the molecule is O=S(=O)([O-])c1ccccc1[S+](c1ccccc1)c1ccccc1. The lowest BCUT2D eigenvalue weighted by atomic mass is 10.4. The molecule has 0 aliphatic carbocycles. The molecule has 3 nitrogen and oxygen atoms in total. The minimum absolute atomic E-state index is 0.156. The Hall–Kier alpha value is -2.08. The number of rotatable bonds is 4. The van der Waals surface area contributed by atoms with Gasteiger partial charge in [-0.25, -0.2) is 8.42 Å². The van der Waals surface area contributed by atoms with Crippen LogP contribution in [0.15, 0.2) is 105 Å². The van der Waals surface area contributed by atoms with Gasteiger partial charge in [-0.05, 0) is 36.4 Å². The van der Waals surface area contributed by atoms with Crippen molar-refractivity contribution in [3.05, 3.63) is 84.9 Å². The van der Waals surface area contributed by atoms with Crippen molar-refractivity contribution in [2.45, 2.75) is 19.6 Å². The van der Waals surface area contributed by atoms with Gasteiger partial charge >= 0.3 is 0 Å². The van der Waals surface area contributed by atoms with E-state index in [1.807, 2.05) is 60.7 Å². The predicted octanol–water partition coefficient (Wildman–Crippen LogP) is 3.69. The summed E-state index contributed by atoms with van der Waals surface area (Å²) in [6.07, 6.45) is 0. The average molecular weight is 342 g/mol. The highest BCUT2D eigenvalue weighted by atomic mass is 32.2. The van der Waals surface area contributed by atoms with Gasteiger partial charge in [0.2, 0.25) is 0 Å². The van der Waals surface area contributed by atoms with E-state index in [1.165, 1.54) is 6.07 Å². The Balaban J connectivity index is 2.26. The van der Waals surface area contributed by atoms with E-state index in [1.54, 1.807) is 18.2 Å². The summed E-state index contributed by atoms with van der Waals surface area (Å²) < 4.78 is 35.0. The molecule has 0 amide bonds. The van der Waals surface area contributed by atoms with Gasteiger partial charge in [0.05, 0.1) is 0 Å². The summed E-state index contributed by atoms with van der Waals surface area (Å²) in [7, 11) is -5.19. The highest BCUT2D eigenvalue weighted by Crippen LogP contribution is 2.34. The number of benzene rings is 3. The molecule has 0 spiro atoms. The van der Waals surface area contributed by atoms with Gasteiger partial charge in [-0.1, -0.05) is 48.5 Å². The van der Waals surface area contributed by atoms with Crippen LogP contribution in [-0.2, 0) is 21.0 Å². The molecule has 0 saturated heterocycles. The van der Waals surface area contributed by atoms with Crippen molar-refractivity contribution >= 4 is 21.0 Å². The first-order chi connectivity index (χ1) is 11.1. The van der Waals surface area contributed by atoms with E-state index in [9.17, 15) is 13.0 Å². The summed E-state index contributed by atoms with van der Waals surface area (Å²) in [6, 6.07) is 25.7. The van der Waals surface area contributed by atoms with Crippen molar-refractivity contribution in [2.24, 2.45) is 0 Å². The molecule has 5 heteroatoms. The van der Waals surface area contributed by atoms with Gasteiger partial charge in [0.1, 0.15) is 25.9 Å². The fraction of sp³-hybridized carbons (Fsp3) is 0. The third-order valence-electron chi connectivity index (χ3n) is 3.30. The maximum atomic E-state index is 11.7. The lowest BCUT2D eigenvalue weighted by Crippen LogP contribution is -2.11. The second kappa shape index (κ2) is 6.58. The van der Waals surface area contributed by atoms with Crippen molar-refractivity contribution in [1.82, 2.24) is 0 Å². The fourth-order valence-corrected chi connectivity index (χ4v) is 5.57. The van der Waals surface area contributed by atoms with E-state index in [4.69, 9.17) is 0 Å². The summed E-state index contributed by atoms with van der Waals surface area (Å²) in [5, 5.41) is 0. The number of hydrogen-bond acceptors (Lipinski definition) is 3. The molecule has 0 atom stereocenters. The molecule has 0 radical (unpaired) electrons. The normalized spacial score (nSPS) is 11.6. The van der Waals surface area contributed by atoms with Crippen LogP contribution >= 0.6 is 0 Å². The standard InChI is InChI=1S/C18H14O3S2/c19-23(20,21)18-14-8-7-13-17(18)22(15-9-3-1-4-10-15)16-11-5-2-6-12-16/h1-14H. The van der Waals surface area contributed by atoms with Gasteiger partial charge in [-0.3, -0.25) is 0 Å². The minimum Gasteiger partial charge on any atom is -0.744 e. The molecule has 0 N–H and O–H groups in total. The second-order valence-electron chi connectivity index (χ2n) is 4.83. The molecule has 0 aliphatic rings. The van der Waals surface area contributed by atoms with Crippen molar-refractivity contribution < 1.29 is 13.0 Å². The molecule has 0 bridgehead atoms. The van der Waals surface area contributed by atoms with Crippen LogP contribution in [0, 0.1) is 0 Å². The molecule has 0 aliphatic heterocycles. The van der Waals surface area contributed by atoms with Crippen LogP contribution in [-0.4, -0.2) is 13.0 Å². The van der Waals surface area contributed by atoms with Crippen molar-refractivity contribution in [1.29, 1.82) is 0 Å². The first-order valence-electron chi connectivity index (χ1n) is 6.97. The van der Waals surface area contributed by atoms with Crippen LogP contribution in [0.4, 0.5) is 0 Å². The van der Waals surface area contributed by atoms with Gasteiger partial charge in [0.15, 0.2) is 14.7 Å². The molecular weight excluding hydrogens is 328 g/mol. The molecule has 116 valence electrons. The Bertz CT molecular complexity index is 852. The van der Waals surface area contributed by atoms with Crippen molar-refractivity contribution in [2.75, 3.05) is 0 Å². The van der Waals surface area contributed by atoms with Gasteiger partial charge in [-0.15, -0.1) is 0 Å². The third kappa shape index (κ3) is 3.47. The molecule has 3 aromatic carbocycles. The summed E-state index contributed by atoms with van der Waals surface area (Å²) in [5.41, 5.74) is 0. The predicted molar refractivity (Wildman–Crippen MR) is 89.5 cm³/mol. The fourth-order valence-electron chi connectivity index (χ4n) is 2.33. The first kappa shape index (κ1) is 15.8. The zero-order valence-corrected chi connectivity index (χ0v) is 13.8. The number of hydrogen-bond donors (Lipinski definition) is 0. The van der Waals surface area contributed by atoms with E-state index >= 15 is 0 Å². The quantitative estimate of drug-likeness (QED) is 0.537. The highest BCUT2D eigenvalue weighted by molar-refractivity contribution is 7.97. The van der Waals surface area contributed by atoms with Gasteiger partial charge < -0.3 is 4.55 Å². The van der Waals surface area contributed by atoms with Crippen LogP contribution < -0.4 is 0 Å². The van der Waals surface area contributed by atoms with E-state index in [2.05, 4.69) is 0 Å². The molecule has 3 rings (SSSR count). The summed E-state index contributed by atoms with van der Waals surface area (Å²) in [4.78, 5) is 2.31. The van der Waals surface area contributed by atoms with E-state index in [-0.39, 0.29) is 4.90 Å². The largest absolute Gasteiger partial charge is 0.744 e. The molecule has 0 aromatic heterocycles. The van der Waals surface area contributed by atoms with Gasteiger partial charge in [0, 0.05) is 0 Å². The lowest BCUT2D eigenvalue weighted by Gasteiger charge is -2.13. The average Bonchev–Trinajstić information content (AvgIpc) is 2.57. The highest BCUT2D eigenvalue weighted by Gasteiger charge is 2.32. The molecule has 23 heavy (non-hydrogen) atoms. The van der Waals surface area contributed by atoms with E-state index in [0.717, 1.165) is 9.79 Å². The maximum absolute atomic E-state index is 11.7. The topological polar surface area (TPSA) is 57.2 Å². The van der Waals surface area contributed by atoms with Crippen LogP contribution in [0.3, 0.4) is 0 Å². The van der Waals surface area contributed by atoms with Crippen LogP contribution in [0.5, 0.6) is 0 Å². The maximum Gasteiger partial charge on any atom is 0.184 e. The Morgan fingerprint density at radius 2 is 1.09 bits per heavy atom. The van der Waals surface area contributed by atoms with Crippen molar-refractivity contribution in [3.8, 4) is 0 Å². The minimum atomic E-state index is -4.54. The first-order valence-corrected chi connectivity index (χ1v) is 9.60. The van der Waals surface area contributed by atoms with Crippen molar-refractivity contribution in [3.63, 3.8) is 0 Å². The lowest BCUT2D eigenvalue weighted by molar-refractivity contribution is 0.461. The zero-order valence-electron chi connectivity index (χ0n) is 12.1. The smallest absolute Gasteiger partial charge is 0.184 e. The van der Waals surface area contributed by atoms with Crippen LogP contribution in [0.2, 0.25) is 0 Å². The van der Waals surface area contributed by atoms with Gasteiger partial charge in [-0.2, -0.15) is 0 Å². The van der Waals surface area contributed by atoms with Crippen LogP contribution in [0.25, 0.3) is 0 Å².